The molecular weight excluding hydrogens is 214 g/mol. The Labute approximate surface area is 106 Å². The summed E-state index contributed by atoms with van der Waals surface area (Å²) in [6.07, 6.45) is 2.54. The van der Waals surface area contributed by atoms with Crippen LogP contribution in [-0.4, -0.2) is 39.0 Å². The lowest BCUT2D eigenvalue weighted by molar-refractivity contribution is -0.0273. The van der Waals surface area contributed by atoms with Gasteiger partial charge in [-0.3, -0.25) is 0 Å². The first kappa shape index (κ1) is 14.9. The fourth-order valence-corrected chi connectivity index (χ4v) is 2.71. The maximum atomic E-state index is 5.77. The third kappa shape index (κ3) is 4.23. The number of rotatable bonds is 6. The van der Waals surface area contributed by atoms with E-state index < -0.39 is 0 Å². The highest BCUT2D eigenvalue weighted by atomic mass is 16.5. The van der Waals surface area contributed by atoms with E-state index in [-0.39, 0.29) is 11.5 Å². The van der Waals surface area contributed by atoms with Gasteiger partial charge in [0.05, 0.1) is 12.7 Å². The fourth-order valence-electron chi connectivity index (χ4n) is 2.71. The Balaban J connectivity index is 2.71. The predicted octanol–water partition coefficient (Wildman–Crippen LogP) is 2.45. The number of nitrogens with one attached hydrogen (secondary N) is 1. The molecule has 1 fully saturated rings. The molecule has 3 nitrogen and oxygen atoms in total. The lowest BCUT2D eigenvalue weighted by Gasteiger charge is -2.39. The molecule has 0 amide bonds. The highest BCUT2D eigenvalue weighted by Crippen LogP contribution is 2.30. The third-order valence-corrected chi connectivity index (χ3v) is 3.54. The van der Waals surface area contributed by atoms with Gasteiger partial charge < -0.3 is 14.8 Å². The Kier molecular flexibility index (Phi) is 5.90. The fraction of sp³-hybridized carbons (Fsp3) is 1.00. The number of methoxy groups -OCH3 is 1. The van der Waals surface area contributed by atoms with Crippen LogP contribution in [0.2, 0.25) is 0 Å². The van der Waals surface area contributed by atoms with Crippen molar-refractivity contribution in [1.29, 1.82) is 0 Å². The second-order valence-electron chi connectivity index (χ2n) is 6.13. The molecule has 3 atom stereocenters. The summed E-state index contributed by atoms with van der Waals surface area (Å²) in [6, 6.07) is 0.405. The molecule has 1 heterocycles. The van der Waals surface area contributed by atoms with Gasteiger partial charge in [-0.15, -0.1) is 0 Å². The maximum Gasteiger partial charge on any atom is 0.0775 e. The summed E-state index contributed by atoms with van der Waals surface area (Å²) in [5, 5.41) is 3.66. The van der Waals surface area contributed by atoms with Gasteiger partial charge in [-0.25, -0.2) is 0 Å². The molecule has 0 aromatic carbocycles. The summed E-state index contributed by atoms with van der Waals surface area (Å²) in [4.78, 5) is 0. The van der Waals surface area contributed by atoms with E-state index in [1.807, 2.05) is 7.11 Å². The Morgan fingerprint density at radius 3 is 2.53 bits per heavy atom. The molecule has 0 aromatic rings. The number of hydrogen-bond acceptors (Lipinski definition) is 3. The molecule has 3 unspecified atom stereocenters. The Hall–Kier alpha value is -0.120. The molecule has 3 heteroatoms. The number of ether oxygens (including phenoxy) is 2. The van der Waals surface area contributed by atoms with Gasteiger partial charge in [0.2, 0.25) is 0 Å². The summed E-state index contributed by atoms with van der Waals surface area (Å²) < 4.78 is 11.3. The normalized spacial score (nSPS) is 24.9. The van der Waals surface area contributed by atoms with Crippen molar-refractivity contribution in [2.24, 2.45) is 11.3 Å². The molecule has 17 heavy (non-hydrogen) atoms. The first-order valence-corrected chi connectivity index (χ1v) is 6.84. The molecule has 0 spiro atoms. The van der Waals surface area contributed by atoms with E-state index in [4.69, 9.17) is 9.47 Å². The van der Waals surface area contributed by atoms with Crippen molar-refractivity contribution in [2.45, 2.75) is 52.7 Å². The lowest BCUT2D eigenvalue weighted by atomic mass is 9.79. The van der Waals surface area contributed by atoms with Crippen LogP contribution in [0.1, 0.15) is 40.5 Å². The predicted molar refractivity (Wildman–Crippen MR) is 71.3 cm³/mol. The Morgan fingerprint density at radius 2 is 2.12 bits per heavy atom. The monoisotopic (exact) mass is 243 g/mol. The van der Waals surface area contributed by atoms with E-state index in [0.29, 0.717) is 12.0 Å². The molecule has 0 radical (unpaired) electrons. The van der Waals surface area contributed by atoms with Crippen LogP contribution in [0.5, 0.6) is 0 Å². The molecule has 1 aliphatic heterocycles. The summed E-state index contributed by atoms with van der Waals surface area (Å²) >= 11 is 0. The van der Waals surface area contributed by atoms with Crippen molar-refractivity contribution in [2.75, 3.05) is 26.9 Å². The van der Waals surface area contributed by atoms with Crippen molar-refractivity contribution in [3.63, 3.8) is 0 Å². The van der Waals surface area contributed by atoms with E-state index in [0.717, 1.165) is 32.6 Å². The van der Waals surface area contributed by atoms with Crippen molar-refractivity contribution < 1.29 is 9.47 Å². The van der Waals surface area contributed by atoms with Gasteiger partial charge in [0.1, 0.15) is 0 Å². The Bertz CT molecular complexity index is 207. The van der Waals surface area contributed by atoms with Gasteiger partial charge in [0, 0.05) is 25.7 Å². The summed E-state index contributed by atoms with van der Waals surface area (Å²) in [6.45, 7) is 11.8. The molecule has 1 aliphatic rings. The van der Waals surface area contributed by atoms with Crippen LogP contribution in [-0.2, 0) is 9.47 Å². The minimum absolute atomic E-state index is 0.156. The number of hydrogen-bond donors (Lipinski definition) is 1. The quantitative estimate of drug-likeness (QED) is 0.777. The van der Waals surface area contributed by atoms with Crippen LogP contribution < -0.4 is 5.32 Å². The molecule has 1 rings (SSSR count). The molecule has 0 aliphatic carbocycles. The first-order valence-electron chi connectivity index (χ1n) is 6.84. The maximum absolute atomic E-state index is 5.77. The van der Waals surface area contributed by atoms with Crippen molar-refractivity contribution in [1.82, 2.24) is 5.32 Å². The van der Waals surface area contributed by atoms with E-state index in [1.54, 1.807) is 0 Å². The molecule has 1 saturated heterocycles. The van der Waals surface area contributed by atoms with Crippen molar-refractivity contribution in [3.05, 3.63) is 0 Å². The molecule has 0 aromatic heterocycles. The summed E-state index contributed by atoms with van der Waals surface area (Å²) in [5.74, 6) is 0.589. The first-order chi connectivity index (χ1) is 8.00. The van der Waals surface area contributed by atoms with Crippen LogP contribution >= 0.6 is 0 Å². The summed E-state index contributed by atoms with van der Waals surface area (Å²) in [5.41, 5.74) is 0.156. The van der Waals surface area contributed by atoms with Crippen molar-refractivity contribution in [3.8, 4) is 0 Å². The van der Waals surface area contributed by atoms with Gasteiger partial charge in [-0.05, 0) is 24.8 Å². The zero-order chi connectivity index (χ0) is 12.9. The van der Waals surface area contributed by atoms with Gasteiger partial charge in [-0.1, -0.05) is 27.7 Å². The molecule has 102 valence electrons. The third-order valence-electron chi connectivity index (χ3n) is 3.54. The second kappa shape index (κ2) is 6.72. The molecule has 1 N–H and O–H groups in total. The van der Waals surface area contributed by atoms with Gasteiger partial charge in [0.25, 0.3) is 0 Å². The Morgan fingerprint density at radius 1 is 1.41 bits per heavy atom. The highest BCUT2D eigenvalue weighted by Gasteiger charge is 2.38. The van der Waals surface area contributed by atoms with Crippen LogP contribution in [0.15, 0.2) is 0 Å². The van der Waals surface area contributed by atoms with Crippen LogP contribution in [0.4, 0.5) is 0 Å². The van der Waals surface area contributed by atoms with E-state index in [2.05, 4.69) is 33.0 Å². The SMILES string of the molecule is CCCNC(C1CCOC1)C(OC)C(C)(C)C. The molecular formula is C14H29NO2. The average molecular weight is 243 g/mol. The van der Waals surface area contributed by atoms with Crippen LogP contribution in [0.25, 0.3) is 0 Å². The zero-order valence-corrected chi connectivity index (χ0v) is 12.1. The molecule has 0 saturated carbocycles. The topological polar surface area (TPSA) is 30.5 Å². The minimum Gasteiger partial charge on any atom is -0.381 e. The largest absolute Gasteiger partial charge is 0.381 e. The zero-order valence-electron chi connectivity index (χ0n) is 12.1. The highest BCUT2D eigenvalue weighted by molar-refractivity contribution is 4.91. The van der Waals surface area contributed by atoms with E-state index in [9.17, 15) is 0 Å². The smallest absolute Gasteiger partial charge is 0.0775 e. The van der Waals surface area contributed by atoms with Crippen LogP contribution in [0.3, 0.4) is 0 Å². The van der Waals surface area contributed by atoms with Crippen LogP contribution in [0, 0.1) is 11.3 Å². The van der Waals surface area contributed by atoms with E-state index >= 15 is 0 Å². The van der Waals surface area contributed by atoms with Gasteiger partial charge in [0.15, 0.2) is 0 Å². The van der Waals surface area contributed by atoms with E-state index in [1.165, 1.54) is 0 Å². The van der Waals surface area contributed by atoms with Gasteiger partial charge in [-0.2, -0.15) is 0 Å². The van der Waals surface area contributed by atoms with Crippen molar-refractivity contribution >= 4 is 0 Å². The minimum atomic E-state index is 0.156. The summed E-state index contributed by atoms with van der Waals surface area (Å²) in [7, 11) is 1.83. The molecule has 0 bridgehead atoms. The lowest BCUT2D eigenvalue weighted by Crippen LogP contribution is -2.52. The second-order valence-corrected chi connectivity index (χ2v) is 6.13. The average Bonchev–Trinajstić information content (AvgIpc) is 2.75. The standard InChI is InChI=1S/C14H29NO2/c1-6-8-15-12(11-7-9-17-10-11)13(16-5)14(2,3)4/h11-13,15H,6-10H2,1-5H3. The van der Waals surface area contributed by atoms with Gasteiger partial charge >= 0.3 is 0 Å².